The van der Waals surface area contributed by atoms with Crippen molar-refractivity contribution in [3.05, 3.63) is 57.6 Å². The molecule has 0 spiro atoms. The van der Waals surface area contributed by atoms with Gasteiger partial charge < -0.3 is 14.6 Å². The first-order valence-electron chi connectivity index (χ1n) is 8.07. The smallest absolute Gasteiger partial charge is 0.311 e. The van der Waals surface area contributed by atoms with E-state index in [-0.39, 0.29) is 17.2 Å². The number of ether oxygens (including phenoxy) is 2. The summed E-state index contributed by atoms with van der Waals surface area (Å²) in [7, 11) is 0. The average Bonchev–Trinajstić information content (AvgIpc) is 2.63. The molecule has 9 nitrogen and oxygen atoms in total. The number of nitrogens with zero attached hydrogens (tertiary/aromatic N) is 2. The zero-order valence-electron chi connectivity index (χ0n) is 14.8. The van der Waals surface area contributed by atoms with Crippen LogP contribution in [0.5, 0.6) is 17.2 Å². The van der Waals surface area contributed by atoms with Crippen molar-refractivity contribution in [3.63, 3.8) is 0 Å². The van der Waals surface area contributed by atoms with Crippen LogP contribution in [-0.4, -0.2) is 35.4 Å². The molecule has 0 heterocycles. The second-order valence-electron chi connectivity index (χ2n) is 5.44. The van der Waals surface area contributed by atoms with Gasteiger partial charge in [0.05, 0.1) is 17.7 Å². The summed E-state index contributed by atoms with van der Waals surface area (Å²) in [6.07, 6.45) is 1.25. The Morgan fingerprint density at radius 2 is 2.07 bits per heavy atom. The topological polar surface area (TPSA) is 123 Å². The summed E-state index contributed by atoms with van der Waals surface area (Å²) in [4.78, 5) is 22.2. The highest BCUT2D eigenvalue weighted by atomic mass is 16.6. The van der Waals surface area contributed by atoms with Crippen LogP contribution in [0.2, 0.25) is 0 Å². The number of hydrogen-bond donors (Lipinski definition) is 2. The number of carbonyl (C=O) groups is 1. The minimum Gasteiger partial charge on any atom is -0.504 e. The molecule has 2 aromatic carbocycles. The van der Waals surface area contributed by atoms with Gasteiger partial charge in [-0.1, -0.05) is 12.1 Å². The van der Waals surface area contributed by atoms with Crippen LogP contribution in [0.1, 0.15) is 18.1 Å². The van der Waals surface area contributed by atoms with Gasteiger partial charge in [0.1, 0.15) is 0 Å². The maximum atomic E-state index is 11.8. The van der Waals surface area contributed by atoms with Crippen LogP contribution >= 0.6 is 0 Å². The van der Waals surface area contributed by atoms with Crippen molar-refractivity contribution in [1.29, 1.82) is 0 Å². The Morgan fingerprint density at radius 1 is 1.30 bits per heavy atom. The van der Waals surface area contributed by atoms with Crippen molar-refractivity contribution in [2.45, 2.75) is 13.8 Å². The maximum Gasteiger partial charge on any atom is 0.311 e. The monoisotopic (exact) mass is 373 g/mol. The molecule has 2 rings (SSSR count). The number of phenolic OH excluding ortho intramolecular Hbond substituents is 1. The number of para-hydroxylation sites is 1. The Balaban J connectivity index is 1.95. The average molecular weight is 373 g/mol. The van der Waals surface area contributed by atoms with E-state index >= 15 is 0 Å². The standard InChI is InChI=1S/C18H19N3O6/c1-3-26-16-6-4-5-13(18(16)23)10-19-20-17(22)11-27-15-8-7-12(2)9-14(15)21(24)25/h4-10,23H,3,11H2,1-2H3,(H,20,22). The molecule has 142 valence electrons. The molecule has 0 saturated heterocycles. The van der Waals surface area contributed by atoms with E-state index in [1.165, 1.54) is 18.3 Å². The number of phenols is 1. The van der Waals surface area contributed by atoms with E-state index in [1.54, 1.807) is 38.1 Å². The van der Waals surface area contributed by atoms with Crippen molar-refractivity contribution in [2.24, 2.45) is 5.10 Å². The second kappa shape index (κ2) is 9.18. The van der Waals surface area contributed by atoms with Crippen LogP contribution in [0, 0.1) is 17.0 Å². The minimum absolute atomic E-state index is 0.00760. The lowest BCUT2D eigenvalue weighted by atomic mass is 10.2. The molecule has 0 radical (unpaired) electrons. The van der Waals surface area contributed by atoms with Gasteiger partial charge in [0.15, 0.2) is 23.9 Å². The van der Waals surface area contributed by atoms with Crippen LogP contribution < -0.4 is 14.9 Å². The van der Waals surface area contributed by atoms with Crippen molar-refractivity contribution in [3.8, 4) is 17.2 Å². The summed E-state index contributed by atoms with van der Waals surface area (Å²) in [6, 6.07) is 9.32. The molecule has 0 unspecified atom stereocenters. The van der Waals surface area contributed by atoms with E-state index in [9.17, 15) is 20.0 Å². The van der Waals surface area contributed by atoms with E-state index in [4.69, 9.17) is 9.47 Å². The minimum atomic E-state index is -0.610. The molecule has 0 fully saturated rings. The molecule has 0 aliphatic rings. The molecule has 0 aliphatic heterocycles. The lowest BCUT2D eigenvalue weighted by Gasteiger charge is -2.07. The Kier molecular flexibility index (Phi) is 6.70. The van der Waals surface area contributed by atoms with Crippen LogP contribution in [0.3, 0.4) is 0 Å². The lowest BCUT2D eigenvalue weighted by molar-refractivity contribution is -0.385. The normalized spacial score (nSPS) is 10.6. The lowest BCUT2D eigenvalue weighted by Crippen LogP contribution is -2.24. The molecule has 0 bridgehead atoms. The first kappa shape index (κ1) is 19.7. The summed E-state index contributed by atoms with van der Waals surface area (Å²) in [5.74, 6) is -0.403. The van der Waals surface area contributed by atoms with Gasteiger partial charge in [-0.3, -0.25) is 14.9 Å². The summed E-state index contributed by atoms with van der Waals surface area (Å²) >= 11 is 0. The first-order valence-corrected chi connectivity index (χ1v) is 8.07. The highest BCUT2D eigenvalue weighted by Crippen LogP contribution is 2.29. The van der Waals surface area contributed by atoms with Crippen LogP contribution in [0.15, 0.2) is 41.5 Å². The van der Waals surface area contributed by atoms with Crippen LogP contribution in [-0.2, 0) is 4.79 Å². The zero-order valence-corrected chi connectivity index (χ0v) is 14.8. The number of nitro groups is 1. The number of hydrogen-bond acceptors (Lipinski definition) is 7. The number of nitro benzene ring substituents is 1. The van der Waals surface area contributed by atoms with Crippen molar-refractivity contribution in [1.82, 2.24) is 5.43 Å². The van der Waals surface area contributed by atoms with Gasteiger partial charge >= 0.3 is 5.69 Å². The van der Waals surface area contributed by atoms with Gasteiger partial charge in [0, 0.05) is 11.6 Å². The number of aromatic hydroxyl groups is 1. The fourth-order valence-electron chi connectivity index (χ4n) is 2.16. The van der Waals surface area contributed by atoms with Gasteiger partial charge in [-0.15, -0.1) is 0 Å². The number of amides is 1. The third kappa shape index (κ3) is 5.43. The van der Waals surface area contributed by atoms with E-state index < -0.39 is 17.4 Å². The van der Waals surface area contributed by atoms with Crippen LogP contribution in [0.4, 0.5) is 5.69 Å². The first-order chi connectivity index (χ1) is 12.9. The van der Waals surface area contributed by atoms with Gasteiger partial charge in [0.25, 0.3) is 5.91 Å². The molecule has 27 heavy (non-hydrogen) atoms. The van der Waals surface area contributed by atoms with Crippen molar-refractivity contribution < 1.29 is 24.3 Å². The zero-order chi connectivity index (χ0) is 19.8. The number of hydrazone groups is 1. The van der Waals surface area contributed by atoms with E-state index in [2.05, 4.69) is 10.5 Å². The van der Waals surface area contributed by atoms with Crippen LogP contribution in [0.25, 0.3) is 0 Å². The van der Waals surface area contributed by atoms with Crippen molar-refractivity contribution in [2.75, 3.05) is 13.2 Å². The molecular weight excluding hydrogens is 354 g/mol. The predicted molar refractivity (Wildman–Crippen MR) is 98.3 cm³/mol. The molecular formula is C18H19N3O6. The molecule has 0 atom stereocenters. The predicted octanol–water partition coefficient (Wildman–Crippen LogP) is 2.54. The van der Waals surface area contributed by atoms with Crippen molar-refractivity contribution >= 4 is 17.8 Å². The van der Waals surface area contributed by atoms with E-state index in [1.807, 2.05) is 0 Å². The van der Waals surface area contributed by atoms with Gasteiger partial charge in [-0.05, 0) is 37.6 Å². The maximum absolute atomic E-state index is 11.8. The third-order valence-corrected chi connectivity index (χ3v) is 3.39. The molecule has 2 N–H and O–H groups in total. The highest BCUT2D eigenvalue weighted by Gasteiger charge is 2.16. The quantitative estimate of drug-likeness (QED) is 0.416. The number of carbonyl (C=O) groups excluding carboxylic acids is 1. The molecule has 1 amide bonds. The van der Waals surface area contributed by atoms with Gasteiger partial charge in [-0.25, -0.2) is 5.43 Å². The van der Waals surface area contributed by atoms with E-state index in [0.29, 0.717) is 23.5 Å². The molecule has 0 aromatic heterocycles. The summed E-state index contributed by atoms with van der Waals surface area (Å²) in [5.41, 5.74) is 3.07. The van der Waals surface area contributed by atoms with Gasteiger partial charge in [-0.2, -0.15) is 5.10 Å². The summed E-state index contributed by atoms with van der Waals surface area (Å²) in [5, 5.41) is 24.8. The summed E-state index contributed by atoms with van der Waals surface area (Å²) < 4.78 is 10.5. The Morgan fingerprint density at radius 3 is 2.78 bits per heavy atom. The fraction of sp³-hybridized carbons (Fsp3) is 0.222. The Labute approximate surface area is 155 Å². The highest BCUT2D eigenvalue weighted by molar-refractivity contribution is 5.86. The fourth-order valence-corrected chi connectivity index (χ4v) is 2.16. The van der Waals surface area contributed by atoms with E-state index in [0.717, 1.165) is 0 Å². The number of nitrogens with one attached hydrogen (secondary N) is 1. The Hall–Kier alpha value is -3.62. The van der Waals surface area contributed by atoms with Gasteiger partial charge in [0.2, 0.25) is 0 Å². The molecule has 9 heteroatoms. The largest absolute Gasteiger partial charge is 0.504 e. The Bertz CT molecular complexity index is 866. The second-order valence-corrected chi connectivity index (χ2v) is 5.44. The number of rotatable bonds is 8. The number of benzene rings is 2. The summed E-state index contributed by atoms with van der Waals surface area (Å²) in [6.45, 7) is 3.45. The third-order valence-electron chi connectivity index (χ3n) is 3.39. The molecule has 0 saturated carbocycles. The molecule has 0 aliphatic carbocycles. The molecule has 2 aromatic rings. The number of aryl methyl sites for hydroxylation is 1. The SMILES string of the molecule is CCOc1cccc(C=NNC(=O)COc2ccc(C)cc2[N+](=O)[O-])c1O.